The lowest BCUT2D eigenvalue weighted by Gasteiger charge is -2.01. The zero-order chi connectivity index (χ0) is 16.3. The summed E-state index contributed by atoms with van der Waals surface area (Å²) in [6.45, 7) is 0. The van der Waals surface area contributed by atoms with Gasteiger partial charge in [-0.3, -0.25) is 15.1 Å². The highest BCUT2D eigenvalue weighted by atomic mass is 35.5. The molecule has 0 amide bonds. The Bertz CT molecular complexity index is 846. The smallest absolute Gasteiger partial charge is 0.258 e. The lowest BCUT2D eigenvalue weighted by Crippen LogP contribution is -2.01. The number of nitro benzene ring substituents is 1. The molecule has 0 aliphatic rings. The molecule has 2 aromatic rings. The number of hydrogen-bond donors (Lipinski definition) is 0. The van der Waals surface area contributed by atoms with E-state index in [-0.39, 0.29) is 16.1 Å². The summed E-state index contributed by atoms with van der Waals surface area (Å²) in [6.07, 6.45) is 2.31. The number of nitro groups is 1. The first kappa shape index (κ1) is 16.1. The maximum atomic E-state index is 11.5. The zero-order valence-electron chi connectivity index (χ0n) is 11.4. The van der Waals surface area contributed by atoms with Gasteiger partial charge in [0.2, 0.25) is 0 Å². The van der Waals surface area contributed by atoms with E-state index >= 15 is 0 Å². The van der Waals surface area contributed by atoms with Crippen LogP contribution in [0.25, 0.3) is 0 Å². The topological polar surface area (TPSA) is 89.6 Å². The summed E-state index contributed by atoms with van der Waals surface area (Å²) in [5.41, 5.74) is 0.471. The minimum Gasteiger partial charge on any atom is -0.258 e. The van der Waals surface area contributed by atoms with Crippen LogP contribution < -0.4 is 0 Å². The van der Waals surface area contributed by atoms with Gasteiger partial charge in [-0.25, -0.2) is 8.42 Å². The molecule has 0 fully saturated rings. The number of benzene rings is 2. The van der Waals surface area contributed by atoms with Crippen molar-refractivity contribution in [3.63, 3.8) is 0 Å². The molecule has 0 heterocycles. The van der Waals surface area contributed by atoms with Crippen molar-refractivity contribution in [2.45, 2.75) is 4.90 Å². The van der Waals surface area contributed by atoms with Crippen molar-refractivity contribution in [2.24, 2.45) is 4.99 Å². The number of halogens is 1. The monoisotopic (exact) mass is 338 g/mol. The van der Waals surface area contributed by atoms with Crippen molar-refractivity contribution in [3.05, 3.63) is 63.2 Å². The third-order valence-electron chi connectivity index (χ3n) is 2.81. The van der Waals surface area contributed by atoms with Crippen molar-refractivity contribution in [3.8, 4) is 0 Å². The third-order valence-corrected chi connectivity index (χ3v) is 4.17. The van der Waals surface area contributed by atoms with Crippen LogP contribution in [0.4, 0.5) is 11.4 Å². The summed E-state index contributed by atoms with van der Waals surface area (Å²) >= 11 is 5.76. The molecule has 8 heteroatoms. The van der Waals surface area contributed by atoms with E-state index < -0.39 is 14.8 Å². The van der Waals surface area contributed by atoms with Crippen LogP contribution in [0.2, 0.25) is 5.02 Å². The summed E-state index contributed by atoms with van der Waals surface area (Å²) in [5, 5.41) is 11.6. The molecule has 6 nitrogen and oxygen atoms in total. The van der Waals surface area contributed by atoms with Gasteiger partial charge in [-0.15, -0.1) is 0 Å². The van der Waals surface area contributed by atoms with Crippen molar-refractivity contribution in [2.75, 3.05) is 6.26 Å². The van der Waals surface area contributed by atoms with E-state index in [1.807, 2.05) is 0 Å². The normalized spacial score (nSPS) is 11.7. The Kier molecular flexibility index (Phi) is 4.58. The van der Waals surface area contributed by atoms with E-state index in [1.165, 1.54) is 18.3 Å². The van der Waals surface area contributed by atoms with Crippen LogP contribution in [0.5, 0.6) is 0 Å². The van der Waals surface area contributed by atoms with Gasteiger partial charge in [0.25, 0.3) is 5.69 Å². The molecule has 0 radical (unpaired) electrons. The van der Waals surface area contributed by atoms with Crippen LogP contribution in [0.1, 0.15) is 5.56 Å². The standard InChI is InChI=1S/C14H11ClN2O4S/c1-22(20,21)13-7-2-10(14(8-13)17(18)19)9-16-12-5-3-11(15)4-6-12/h2-9H,1H3/b16-9+. The second-order valence-corrected chi connectivity index (χ2v) is 6.94. The average Bonchev–Trinajstić information content (AvgIpc) is 2.45. The quantitative estimate of drug-likeness (QED) is 0.485. The molecule has 0 aliphatic heterocycles. The van der Waals surface area contributed by atoms with Crippen LogP contribution in [0.15, 0.2) is 52.4 Å². The highest BCUT2D eigenvalue weighted by Gasteiger charge is 2.17. The Labute approximate surface area is 132 Å². The maximum Gasteiger partial charge on any atom is 0.279 e. The van der Waals surface area contributed by atoms with Crippen LogP contribution in [0.3, 0.4) is 0 Å². The Balaban J connectivity index is 2.42. The molecule has 2 aromatic carbocycles. The van der Waals surface area contributed by atoms with E-state index in [0.29, 0.717) is 10.7 Å². The Morgan fingerprint density at radius 3 is 2.36 bits per heavy atom. The molecule has 0 bridgehead atoms. The van der Waals surface area contributed by atoms with E-state index in [9.17, 15) is 18.5 Å². The van der Waals surface area contributed by atoms with Crippen molar-refractivity contribution < 1.29 is 13.3 Å². The molecule has 0 aliphatic carbocycles. The maximum absolute atomic E-state index is 11.5. The summed E-state index contributed by atoms with van der Waals surface area (Å²) in [7, 11) is -3.51. The van der Waals surface area contributed by atoms with Gasteiger partial charge < -0.3 is 0 Å². The highest BCUT2D eigenvalue weighted by Crippen LogP contribution is 2.23. The van der Waals surface area contributed by atoms with E-state index in [0.717, 1.165) is 12.3 Å². The Morgan fingerprint density at radius 1 is 1.18 bits per heavy atom. The summed E-state index contributed by atoms with van der Waals surface area (Å²) in [6, 6.07) is 10.3. The molecule has 114 valence electrons. The third kappa shape index (κ3) is 3.90. The second-order valence-electron chi connectivity index (χ2n) is 4.48. The van der Waals surface area contributed by atoms with Crippen molar-refractivity contribution in [1.29, 1.82) is 0 Å². The molecular weight excluding hydrogens is 328 g/mol. The minimum atomic E-state index is -3.51. The molecule has 0 N–H and O–H groups in total. The predicted octanol–water partition coefficient (Wildman–Crippen LogP) is 3.40. The molecule has 0 saturated carbocycles. The molecule has 0 atom stereocenters. The highest BCUT2D eigenvalue weighted by molar-refractivity contribution is 7.90. The second kappa shape index (κ2) is 6.25. The van der Waals surface area contributed by atoms with Crippen molar-refractivity contribution in [1.82, 2.24) is 0 Å². The number of hydrogen-bond acceptors (Lipinski definition) is 5. The van der Waals surface area contributed by atoms with Gasteiger partial charge in [-0.2, -0.15) is 0 Å². The Morgan fingerprint density at radius 2 is 1.82 bits per heavy atom. The van der Waals surface area contributed by atoms with Gasteiger partial charge in [-0.05, 0) is 36.4 Å². The van der Waals surface area contributed by atoms with Crippen LogP contribution >= 0.6 is 11.6 Å². The first-order valence-electron chi connectivity index (χ1n) is 6.05. The average molecular weight is 339 g/mol. The minimum absolute atomic E-state index is 0.108. The molecule has 0 unspecified atom stereocenters. The number of sulfone groups is 1. The predicted molar refractivity (Wildman–Crippen MR) is 84.9 cm³/mol. The Hall–Kier alpha value is -2.25. The van der Waals surface area contributed by atoms with Gasteiger partial charge >= 0.3 is 0 Å². The largest absolute Gasteiger partial charge is 0.279 e. The molecule has 0 aromatic heterocycles. The van der Waals surface area contributed by atoms with Crippen LogP contribution in [-0.4, -0.2) is 25.8 Å². The molecule has 0 spiro atoms. The fourth-order valence-corrected chi connectivity index (χ4v) is 2.46. The molecule has 22 heavy (non-hydrogen) atoms. The van der Waals surface area contributed by atoms with Crippen molar-refractivity contribution >= 4 is 39.0 Å². The van der Waals surface area contributed by atoms with E-state index in [2.05, 4.69) is 4.99 Å². The SMILES string of the molecule is CS(=O)(=O)c1ccc(/C=N/c2ccc(Cl)cc2)c([N+](=O)[O-])c1. The number of rotatable bonds is 4. The summed E-state index contributed by atoms with van der Waals surface area (Å²) in [4.78, 5) is 14.5. The number of aliphatic imine (C=N–C) groups is 1. The lowest BCUT2D eigenvalue weighted by molar-refractivity contribution is -0.385. The van der Waals surface area contributed by atoms with E-state index in [4.69, 9.17) is 11.6 Å². The van der Waals surface area contributed by atoms with Crippen LogP contribution in [-0.2, 0) is 9.84 Å². The van der Waals surface area contributed by atoms with Gasteiger partial charge in [0, 0.05) is 23.6 Å². The fraction of sp³-hybridized carbons (Fsp3) is 0.0714. The van der Waals surface area contributed by atoms with Gasteiger partial charge in [-0.1, -0.05) is 11.6 Å². The van der Waals surface area contributed by atoms with E-state index in [1.54, 1.807) is 24.3 Å². The van der Waals surface area contributed by atoms with Gasteiger partial charge in [0.15, 0.2) is 9.84 Å². The van der Waals surface area contributed by atoms with Gasteiger partial charge in [0.1, 0.15) is 0 Å². The first-order valence-corrected chi connectivity index (χ1v) is 8.32. The summed E-state index contributed by atoms with van der Waals surface area (Å²) < 4.78 is 22.9. The lowest BCUT2D eigenvalue weighted by atomic mass is 10.2. The van der Waals surface area contributed by atoms with Gasteiger partial charge in [0.05, 0.1) is 21.1 Å². The summed E-state index contributed by atoms with van der Waals surface area (Å²) in [5.74, 6) is 0. The molecular formula is C14H11ClN2O4S. The fourth-order valence-electron chi connectivity index (χ4n) is 1.69. The van der Waals surface area contributed by atoms with Crippen LogP contribution in [0, 0.1) is 10.1 Å². The zero-order valence-corrected chi connectivity index (χ0v) is 13.0. The number of nitrogens with zero attached hydrogens (tertiary/aromatic N) is 2. The molecule has 2 rings (SSSR count). The molecule has 0 saturated heterocycles. The first-order chi connectivity index (χ1) is 10.3.